The van der Waals surface area contributed by atoms with Crippen molar-refractivity contribution in [2.75, 3.05) is 6.61 Å². The molecule has 0 amide bonds. The van der Waals surface area contributed by atoms with Crippen LogP contribution in [0.1, 0.15) is 23.7 Å². The number of hydrogen-bond acceptors (Lipinski definition) is 4. The van der Waals surface area contributed by atoms with Crippen molar-refractivity contribution in [3.8, 4) is 0 Å². The zero-order valence-electron chi connectivity index (χ0n) is 13.7. The molecule has 1 saturated heterocycles. The third-order valence-corrected chi connectivity index (χ3v) is 6.18. The minimum atomic E-state index is -3.73. The first kappa shape index (κ1) is 16.1. The molecule has 2 heterocycles. The van der Waals surface area contributed by atoms with Crippen molar-refractivity contribution in [3.63, 3.8) is 0 Å². The molecule has 6 heteroatoms. The number of Topliss-reactive ketones (excluding diaryl/α,β-unsaturated/α-hetero) is 1. The molecule has 5 nitrogen and oxygen atoms in total. The predicted octanol–water partition coefficient (Wildman–Crippen LogP) is 3.22. The SMILES string of the molecule is Cc1ccc(S(=O)(=O)n2cc(C3CC(=O)CO3)c3ccccc32)cc1. The molecule has 0 spiro atoms. The monoisotopic (exact) mass is 355 g/mol. The highest BCUT2D eigenvalue weighted by Crippen LogP contribution is 2.35. The average molecular weight is 355 g/mol. The number of aryl methyl sites for hydroxylation is 1. The van der Waals surface area contributed by atoms with Crippen LogP contribution in [0.4, 0.5) is 0 Å². The fraction of sp³-hybridized carbons (Fsp3) is 0.211. The van der Waals surface area contributed by atoms with E-state index in [-0.39, 0.29) is 23.7 Å². The fourth-order valence-electron chi connectivity index (χ4n) is 3.17. The first-order valence-corrected chi connectivity index (χ1v) is 9.46. The Hall–Kier alpha value is -2.44. The summed E-state index contributed by atoms with van der Waals surface area (Å²) in [5.41, 5.74) is 2.31. The van der Waals surface area contributed by atoms with Gasteiger partial charge in [-0.1, -0.05) is 35.9 Å². The number of hydrogen-bond donors (Lipinski definition) is 0. The van der Waals surface area contributed by atoms with Crippen LogP contribution in [0.5, 0.6) is 0 Å². The number of rotatable bonds is 3. The lowest BCUT2D eigenvalue weighted by Gasteiger charge is -2.08. The second-order valence-corrected chi connectivity index (χ2v) is 8.07. The largest absolute Gasteiger partial charge is 0.365 e. The van der Waals surface area contributed by atoms with Gasteiger partial charge >= 0.3 is 0 Å². The van der Waals surface area contributed by atoms with Gasteiger partial charge in [0.2, 0.25) is 0 Å². The van der Waals surface area contributed by atoms with E-state index in [0.29, 0.717) is 5.52 Å². The number of ketones is 1. The van der Waals surface area contributed by atoms with Crippen molar-refractivity contribution in [1.82, 2.24) is 3.97 Å². The van der Waals surface area contributed by atoms with Crippen LogP contribution in [-0.2, 0) is 19.6 Å². The molecule has 0 radical (unpaired) electrons. The molecule has 0 N–H and O–H groups in total. The third-order valence-electron chi connectivity index (χ3n) is 4.49. The standard InChI is InChI=1S/C19H17NO4S/c1-13-6-8-15(9-7-13)25(22,23)20-11-17(19-10-14(21)12-24-19)16-4-2-3-5-18(16)20/h2-9,11,19H,10,12H2,1H3. The molecule has 3 aromatic rings. The number of carbonyl (C=O) groups excluding carboxylic acids is 1. The quantitative estimate of drug-likeness (QED) is 0.724. The van der Waals surface area contributed by atoms with E-state index in [2.05, 4.69) is 0 Å². The van der Waals surface area contributed by atoms with E-state index >= 15 is 0 Å². The molecule has 0 saturated carbocycles. The van der Waals surface area contributed by atoms with Gasteiger partial charge in [-0.05, 0) is 25.1 Å². The molecule has 1 aromatic heterocycles. The predicted molar refractivity (Wildman–Crippen MR) is 94.0 cm³/mol. The fourth-order valence-corrected chi connectivity index (χ4v) is 4.55. The average Bonchev–Trinajstić information content (AvgIpc) is 3.19. The van der Waals surface area contributed by atoms with E-state index in [9.17, 15) is 13.2 Å². The number of aromatic nitrogens is 1. The summed E-state index contributed by atoms with van der Waals surface area (Å²) in [6.45, 7) is 1.99. The van der Waals surface area contributed by atoms with Crippen molar-refractivity contribution < 1.29 is 17.9 Å². The van der Waals surface area contributed by atoms with Gasteiger partial charge in [-0.25, -0.2) is 12.4 Å². The first-order chi connectivity index (χ1) is 12.0. The Kier molecular flexibility index (Phi) is 3.74. The van der Waals surface area contributed by atoms with Gasteiger partial charge in [0.05, 0.1) is 16.5 Å². The Labute approximate surface area is 145 Å². The minimum Gasteiger partial charge on any atom is -0.365 e. The lowest BCUT2D eigenvalue weighted by molar-refractivity contribution is -0.117. The summed E-state index contributed by atoms with van der Waals surface area (Å²) in [6, 6.07) is 14.0. The van der Waals surface area contributed by atoms with Crippen molar-refractivity contribution in [2.45, 2.75) is 24.3 Å². The summed E-state index contributed by atoms with van der Waals surface area (Å²) < 4.78 is 33.0. The highest BCUT2D eigenvalue weighted by Gasteiger charge is 2.29. The van der Waals surface area contributed by atoms with Gasteiger partial charge in [0.25, 0.3) is 10.0 Å². The van der Waals surface area contributed by atoms with Crippen LogP contribution in [0, 0.1) is 6.92 Å². The lowest BCUT2D eigenvalue weighted by Crippen LogP contribution is -2.12. The molecular weight excluding hydrogens is 338 g/mol. The van der Waals surface area contributed by atoms with Gasteiger partial charge < -0.3 is 4.74 Å². The number of benzene rings is 2. The highest BCUT2D eigenvalue weighted by molar-refractivity contribution is 7.90. The number of fused-ring (bicyclic) bond motifs is 1. The summed E-state index contributed by atoms with van der Waals surface area (Å²) in [5, 5.41) is 0.790. The van der Waals surface area contributed by atoms with Crippen LogP contribution < -0.4 is 0 Å². The molecule has 4 rings (SSSR count). The van der Waals surface area contributed by atoms with Crippen molar-refractivity contribution >= 4 is 26.7 Å². The maximum Gasteiger partial charge on any atom is 0.268 e. The Morgan fingerprint density at radius 2 is 1.80 bits per heavy atom. The summed E-state index contributed by atoms with van der Waals surface area (Å²) in [5.74, 6) is 0.0308. The normalized spacial score (nSPS) is 18.1. The molecule has 0 aliphatic carbocycles. The molecule has 1 atom stereocenters. The first-order valence-electron chi connectivity index (χ1n) is 8.02. The van der Waals surface area contributed by atoms with Gasteiger partial charge in [-0.2, -0.15) is 0 Å². The summed E-state index contributed by atoms with van der Waals surface area (Å²) in [6.07, 6.45) is 1.47. The number of carbonyl (C=O) groups is 1. The van der Waals surface area contributed by atoms with Crippen LogP contribution in [0.15, 0.2) is 59.6 Å². The zero-order valence-corrected chi connectivity index (χ0v) is 14.5. The van der Waals surface area contributed by atoms with E-state index in [1.807, 2.05) is 19.1 Å². The van der Waals surface area contributed by atoms with E-state index in [1.54, 1.807) is 42.6 Å². The topological polar surface area (TPSA) is 65.4 Å². The highest BCUT2D eigenvalue weighted by atomic mass is 32.2. The summed E-state index contributed by atoms with van der Waals surface area (Å²) in [4.78, 5) is 11.8. The number of nitrogens with zero attached hydrogens (tertiary/aromatic N) is 1. The molecule has 1 aliphatic rings. The second kappa shape index (κ2) is 5.82. The lowest BCUT2D eigenvalue weighted by atomic mass is 10.1. The Balaban J connectivity index is 1.90. The molecule has 1 unspecified atom stereocenters. The van der Waals surface area contributed by atoms with E-state index in [4.69, 9.17) is 4.74 Å². The van der Waals surface area contributed by atoms with Gasteiger partial charge in [-0.3, -0.25) is 4.79 Å². The Morgan fingerprint density at radius 1 is 1.08 bits per heavy atom. The molecule has 0 bridgehead atoms. The molecular formula is C19H17NO4S. The molecule has 1 aliphatic heterocycles. The van der Waals surface area contributed by atoms with Crippen LogP contribution in [0.2, 0.25) is 0 Å². The van der Waals surface area contributed by atoms with Crippen LogP contribution in [-0.4, -0.2) is 24.8 Å². The van der Waals surface area contributed by atoms with Crippen LogP contribution >= 0.6 is 0 Å². The maximum absolute atomic E-state index is 13.1. The van der Waals surface area contributed by atoms with E-state index in [0.717, 1.165) is 16.5 Å². The Morgan fingerprint density at radius 3 is 2.48 bits per heavy atom. The van der Waals surface area contributed by atoms with E-state index in [1.165, 1.54) is 3.97 Å². The molecule has 1 fully saturated rings. The van der Waals surface area contributed by atoms with Crippen molar-refractivity contribution in [2.24, 2.45) is 0 Å². The molecule has 2 aromatic carbocycles. The number of ether oxygens (including phenoxy) is 1. The summed E-state index contributed by atoms with van der Waals surface area (Å²) in [7, 11) is -3.73. The van der Waals surface area contributed by atoms with Crippen molar-refractivity contribution in [1.29, 1.82) is 0 Å². The van der Waals surface area contributed by atoms with Crippen molar-refractivity contribution in [3.05, 3.63) is 65.9 Å². The molecule has 128 valence electrons. The maximum atomic E-state index is 13.1. The van der Waals surface area contributed by atoms with Gasteiger partial charge in [-0.15, -0.1) is 0 Å². The van der Waals surface area contributed by atoms with E-state index < -0.39 is 16.1 Å². The number of para-hydroxylation sites is 1. The van der Waals surface area contributed by atoms with Crippen LogP contribution in [0.3, 0.4) is 0 Å². The Bertz CT molecular complexity index is 1060. The van der Waals surface area contributed by atoms with Crippen LogP contribution in [0.25, 0.3) is 10.9 Å². The third kappa shape index (κ3) is 2.67. The minimum absolute atomic E-state index is 0.0308. The second-order valence-electron chi connectivity index (χ2n) is 6.26. The zero-order chi connectivity index (χ0) is 17.6. The molecule has 25 heavy (non-hydrogen) atoms. The van der Waals surface area contributed by atoms with Gasteiger partial charge in [0, 0.05) is 23.6 Å². The summed E-state index contributed by atoms with van der Waals surface area (Å²) >= 11 is 0. The van der Waals surface area contributed by atoms with Gasteiger partial charge in [0.15, 0.2) is 5.78 Å². The van der Waals surface area contributed by atoms with Gasteiger partial charge in [0.1, 0.15) is 6.61 Å². The smallest absolute Gasteiger partial charge is 0.268 e.